The zero-order valence-electron chi connectivity index (χ0n) is 14.2. The van der Waals surface area contributed by atoms with Crippen LogP contribution in [0.4, 0.5) is 0 Å². The summed E-state index contributed by atoms with van der Waals surface area (Å²) in [6, 6.07) is 12.3. The number of ether oxygens (including phenoxy) is 1. The van der Waals surface area contributed by atoms with E-state index >= 15 is 0 Å². The fourth-order valence-corrected chi connectivity index (χ4v) is 3.28. The molecule has 0 radical (unpaired) electrons. The van der Waals surface area contributed by atoms with Crippen LogP contribution in [0.25, 0.3) is 10.8 Å². The van der Waals surface area contributed by atoms with Crippen LogP contribution in [0.5, 0.6) is 5.75 Å². The van der Waals surface area contributed by atoms with Crippen LogP contribution < -0.4 is 4.74 Å². The number of methoxy groups -OCH3 is 1. The minimum absolute atomic E-state index is 0.0880. The number of amides is 1. The van der Waals surface area contributed by atoms with Crippen LogP contribution in [0.2, 0.25) is 0 Å². The summed E-state index contributed by atoms with van der Waals surface area (Å²) >= 11 is 0. The number of rotatable bonds is 3. The van der Waals surface area contributed by atoms with Crippen molar-refractivity contribution in [2.45, 2.75) is 32.6 Å². The highest BCUT2D eigenvalue weighted by Crippen LogP contribution is 2.27. The molecule has 122 valence electrons. The molecule has 3 heteroatoms. The Morgan fingerprint density at radius 1 is 1.13 bits per heavy atom. The van der Waals surface area contributed by atoms with Gasteiger partial charge in [0.1, 0.15) is 5.75 Å². The SMILES string of the molecule is COc1ccc2cc([C@@H](C)C(=O)N3CCC(C)CC3)ccc2c1. The zero-order chi connectivity index (χ0) is 16.4. The quantitative estimate of drug-likeness (QED) is 0.850. The van der Waals surface area contributed by atoms with Crippen LogP contribution in [-0.4, -0.2) is 31.0 Å². The van der Waals surface area contributed by atoms with E-state index < -0.39 is 0 Å². The largest absolute Gasteiger partial charge is 0.497 e. The number of likely N-dealkylation sites (tertiary alicyclic amines) is 1. The van der Waals surface area contributed by atoms with Gasteiger partial charge in [-0.3, -0.25) is 4.79 Å². The maximum Gasteiger partial charge on any atom is 0.229 e. The molecule has 0 saturated carbocycles. The Morgan fingerprint density at radius 3 is 2.48 bits per heavy atom. The number of hydrogen-bond donors (Lipinski definition) is 0. The molecule has 0 aliphatic carbocycles. The van der Waals surface area contributed by atoms with Crippen LogP contribution in [0, 0.1) is 5.92 Å². The second-order valence-corrected chi connectivity index (χ2v) is 6.70. The highest BCUT2D eigenvalue weighted by molar-refractivity contribution is 5.88. The topological polar surface area (TPSA) is 29.5 Å². The van der Waals surface area contributed by atoms with E-state index in [1.807, 2.05) is 24.0 Å². The molecule has 3 rings (SSSR count). The van der Waals surface area contributed by atoms with Crippen LogP contribution in [0.3, 0.4) is 0 Å². The average Bonchev–Trinajstić information content (AvgIpc) is 2.60. The molecule has 0 aromatic heterocycles. The van der Waals surface area contributed by atoms with Crippen molar-refractivity contribution in [1.82, 2.24) is 4.90 Å². The first kappa shape index (κ1) is 15.9. The molecule has 1 amide bonds. The predicted molar refractivity (Wildman–Crippen MR) is 93.9 cm³/mol. The fourth-order valence-electron chi connectivity index (χ4n) is 3.28. The van der Waals surface area contributed by atoms with Gasteiger partial charge in [0.05, 0.1) is 13.0 Å². The van der Waals surface area contributed by atoms with E-state index in [4.69, 9.17) is 4.74 Å². The molecule has 0 spiro atoms. The third kappa shape index (κ3) is 3.34. The summed E-state index contributed by atoms with van der Waals surface area (Å²) in [4.78, 5) is 14.8. The summed E-state index contributed by atoms with van der Waals surface area (Å²) in [5.41, 5.74) is 1.09. The third-order valence-corrected chi connectivity index (χ3v) is 5.04. The first-order chi connectivity index (χ1) is 11.1. The molecule has 23 heavy (non-hydrogen) atoms. The average molecular weight is 311 g/mol. The second kappa shape index (κ2) is 6.61. The molecule has 1 heterocycles. The van der Waals surface area contributed by atoms with Gasteiger partial charge in [-0.1, -0.05) is 31.2 Å². The summed E-state index contributed by atoms with van der Waals surface area (Å²) in [6.07, 6.45) is 2.24. The van der Waals surface area contributed by atoms with E-state index in [2.05, 4.69) is 31.2 Å². The number of nitrogens with zero attached hydrogens (tertiary/aromatic N) is 1. The van der Waals surface area contributed by atoms with Crippen molar-refractivity contribution in [2.24, 2.45) is 5.92 Å². The van der Waals surface area contributed by atoms with E-state index in [0.717, 1.165) is 53.9 Å². The zero-order valence-corrected chi connectivity index (χ0v) is 14.2. The van der Waals surface area contributed by atoms with Gasteiger partial charge in [0.2, 0.25) is 5.91 Å². The van der Waals surface area contributed by atoms with E-state index in [-0.39, 0.29) is 11.8 Å². The first-order valence-corrected chi connectivity index (χ1v) is 8.45. The van der Waals surface area contributed by atoms with Crippen LogP contribution in [-0.2, 0) is 4.79 Å². The summed E-state index contributed by atoms with van der Waals surface area (Å²) in [6.45, 7) is 6.08. The van der Waals surface area contributed by atoms with Crippen molar-refractivity contribution >= 4 is 16.7 Å². The predicted octanol–water partition coefficient (Wildman–Crippen LogP) is 4.21. The lowest BCUT2D eigenvalue weighted by Crippen LogP contribution is -2.40. The van der Waals surface area contributed by atoms with Crippen molar-refractivity contribution in [3.63, 3.8) is 0 Å². The molecule has 2 aromatic carbocycles. The molecule has 0 unspecified atom stereocenters. The van der Waals surface area contributed by atoms with Gasteiger partial charge in [-0.2, -0.15) is 0 Å². The standard InChI is InChI=1S/C20H25NO2/c1-14-8-10-21(11-9-14)20(22)15(2)16-4-5-18-13-19(23-3)7-6-17(18)12-16/h4-7,12-15H,8-11H2,1-3H3/t15-/m1/s1. The number of benzene rings is 2. The lowest BCUT2D eigenvalue weighted by Gasteiger charge is -2.32. The molecule has 1 atom stereocenters. The molecule has 1 saturated heterocycles. The van der Waals surface area contributed by atoms with Gasteiger partial charge < -0.3 is 9.64 Å². The number of piperidine rings is 1. The van der Waals surface area contributed by atoms with Gasteiger partial charge in [0, 0.05) is 13.1 Å². The van der Waals surface area contributed by atoms with Crippen LogP contribution in [0.15, 0.2) is 36.4 Å². The third-order valence-electron chi connectivity index (χ3n) is 5.04. The van der Waals surface area contributed by atoms with Crippen LogP contribution in [0.1, 0.15) is 38.2 Å². The Hall–Kier alpha value is -2.03. The molecule has 0 bridgehead atoms. The number of carbonyl (C=O) groups excluding carboxylic acids is 1. The molecule has 2 aromatic rings. The Morgan fingerprint density at radius 2 is 1.78 bits per heavy atom. The first-order valence-electron chi connectivity index (χ1n) is 8.45. The molecule has 1 aliphatic heterocycles. The fraction of sp³-hybridized carbons (Fsp3) is 0.450. The second-order valence-electron chi connectivity index (χ2n) is 6.70. The maximum atomic E-state index is 12.7. The number of fused-ring (bicyclic) bond motifs is 1. The Balaban J connectivity index is 1.80. The molecular formula is C20H25NO2. The monoisotopic (exact) mass is 311 g/mol. The summed E-state index contributed by atoms with van der Waals surface area (Å²) in [5, 5.41) is 2.29. The number of hydrogen-bond acceptors (Lipinski definition) is 2. The summed E-state index contributed by atoms with van der Waals surface area (Å²) < 4.78 is 5.27. The summed E-state index contributed by atoms with van der Waals surface area (Å²) in [7, 11) is 1.68. The summed E-state index contributed by atoms with van der Waals surface area (Å²) in [5.74, 6) is 1.77. The Bertz CT molecular complexity index is 702. The van der Waals surface area contributed by atoms with Crippen LogP contribution >= 0.6 is 0 Å². The van der Waals surface area contributed by atoms with Gasteiger partial charge in [-0.25, -0.2) is 0 Å². The highest BCUT2D eigenvalue weighted by Gasteiger charge is 2.25. The Labute approximate surface area is 138 Å². The van der Waals surface area contributed by atoms with E-state index in [1.165, 1.54) is 0 Å². The molecule has 1 aliphatic rings. The minimum Gasteiger partial charge on any atom is -0.497 e. The van der Waals surface area contributed by atoms with Gasteiger partial charge >= 0.3 is 0 Å². The molecule has 3 nitrogen and oxygen atoms in total. The molecule has 1 fully saturated rings. The number of carbonyl (C=O) groups is 1. The van der Waals surface area contributed by atoms with E-state index in [9.17, 15) is 4.79 Å². The van der Waals surface area contributed by atoms with Gasteiger partial charge in [0.25, 0.3) is 0 Å². The molecular weight excluding hydrogens is 286 g/mol. The lowest BCUT2D eigenvalue weighted by atomic mass is 9.94. The smallest absolute Gasteiger partial charge is 0.229 e. The highest BCUT2D eigenvalue weighted by atomic mass is 16.5. The van der Waals surface area contributed by atoms with E-state index in [0.29, 0.717) is 0 Å². The Kier molecular flexibility index (Phi) is 4.56. The van der Waals surface area contributed by atoms with Crippen molar-refractivity contribution in [3.05, 3.63) is 42.0 Å². The van der Waals surface area contributed by atoms with Crippen molar-refractivity contribution in [3.8, 4) is 5.75 Å². The van der Waals surface area contributed by atoms with Gasteiger partial charge in [0.15, 0.2) is 0 Å². The normalized spacial score (nSPS) is 17.3. The van der Waals surface area contributed by atoms with Gasteiger partial charge in [-0.15, -0.1) is 0 Å². The van der Waals surface area contributed by atoms with E-state index in [1.54, 1.807) is 7.11 Å². The van der Waals surface area contributed by atoms with Gasteiger partial charge in [-0.05, 0) is 54.2 Å². The van der Waals surface area contributed by atoms with Crippen molar-refractivity contribution in [2.75, 3.05) is 20.2 Å². The minimum atomic E-state index is -0.0880. The molecule has 0 N–H and O–H groups in total. The maximum absolute atomic E-state index is 12.7. The lowest BCUT2D eigenvalue weighted by molar-refractivity contribution is -0.133. The van der Waals surface area contributed by atoms with Crippen molar-refractivity contribution in [1.29, 1.82) is 0 Å². The van der Waals surface area contributed by atoms with Crippen molar-refractivity contribution < 1.29 is 9.53 Å².